The van der Waals surface area contributed by atoms with Crippen molar-refractivity contribution in [2.45, 2.75) is 44.6 Å². The molecule has 2 heterocycles. The lowest BCUT2D eigenvalue weighted by Crippen LogP contribution is -2.49. The largest absolute Gasteiger partial charge is 0.493 e. The van der Waals surface area contributed by atoms with Gasteiger partial charge in [-0.25, -0.2) is 0 Å². The number of ether oxygens (including phenoxy) is 3. The maximum Gasteiger partial charge on any atom is 0.242 e. The van der Waals surface area contributed by atoms with Gasteiger partial charge < -0.3 is 24.0 Å². The minimum atomic E-state index is -0.204. The number of para-hydroxylation sites is 2. The van der Waals surface area contributed by atoms with Crippen LogP contribution in [0.25, 0.3) is 0 Å². The minimum absolute atomic E-state index is 0.0285. The van der Waals surface area contributed by atoms with Crippen LogP contribution in [0, 0.1) is 5.92 Å². The second-order valence-corrected chi connectivity index (χ2v) is 10.2. The molecule has 190 valence electrons. The molecule has 0 bridgehead atoms. The lowest BCUT2D eigenvalue weighted by atomic mass is 10.00. The van der Waals surface area contributed by atoms with Crippen LogP contribution in [0.2, 0.25) is 0 Å². The van der Waals surface area contributed by atoms with E-state index >= 15 is 0 Å². The standard InChI is InChI=1S/C27H36N2O5S/c1-32-16-7-14-28(27(31)20-8-3-4-9-20)18-26(30)29-15-12-25-21(13-17-35-25)22(29)19-34-24-11-6-5-10-23(24)33-2/h5-6,10-11,13,17,20,22H,3-4,7-9,12,14-16,18-19H2,1-2H3/t22-/m0/s1. The molecular formula is C27H36N2O5S. The molecule has 8 heteroatoms. The number of carbonyl (C=O) groups excluding carboxylic acids is 2. The molecule has 1 atom stereocenters. The van der Waals surface area contributed by atoms with Gasteiger partial charge >= 0.3 is 0 Å². The maximum absolute atomic E-state index is 13.7. The summed E-state index contributed by atoms with van der Waals surface area (Å²) in [7, 11) is 3.28. The predicted octanol–water partition coefficient (Wildman–Crippen LogP) is 4.32. The Bertz CT molecular complexity index is 987. The van der Waals surface area contributed by atoms with Crippen LogP contribution in [0.5, 0.6) is 11.5 Å². The summed E-state index contributed by atoms with van der Waals surface area (Å²) in [6, 6.07) is 9.44. The van der Waals surface area contributed by atoms with Crippen molar-refractivity contribution in [1.82, 2.24) is 9.80 Å². The first-order valence-electron chi connectivity index (χ1n) is 12.5. The Kier molecular flexibility index (Phi) is 9.04. The molecule has 0 saturated heterocycles. The quantitative estimate of drug-likeness (QED) is 0.430. The number of fused-ring (bicyclic) bond motifs is 1. The first-order chi connectivity index (χ1) is 17.1. The molecule has 35 heavy (non-hydrogen) atoms. The van der Waals surface area contributed by atoms with E-state index in [1.54, 1.807) is 30.5 Å². The molecular weight excluding hydrogens is 464 g/mol. The molecule has 1 aromatic heterocycles. The van der Waals surface area contributed by atoms with Crippen LogP contribution in [-0.4, -0.2) is 68.7 Å². The number of hydrogen-bond donors (Lipinski definition) is 0. The molecule has 7 nitrogen and oxygen atoms in total. The number of benzene rings is 1. The maximum atomic E-state index is 13.7. The second-order valence-electron chi connectivity index (χ2n) is 9.20. The number of methoxy groups -OCH3 is 2. The first kappa shape index (κ1) is 25.5. The van der Waals surface area contributed by atoms with Gasteiger partial charge in [-0.05, 0) is 54.8 Å². The fourth-order valence-electron chi connectivity index (χ4n) is 5.13. The molecule has 0 radical (unpaired) electrons. The van der Waals surface area contributed by atoms with Crippen molar-refractivity contribution >= 4 is 23.2 Å². The average molecular weight is 501 g/mol. The molecule has 1 aliphatic carbocycles. The van der Waals surface area contributed by atoms with Crippen molar-refractivity contribution in [2.24, 2.45) is 5.92 Å². The van der Waals surface area contributed by atoms with Gasteiger partial charge in [-0.15, -0.1) is 11.3 Å². The monoisotopic (exact) mass is 500 g/mol. The number of nitrogens with zero attached hydrogens (tertiary/aromatic N) is 2. The Balaban J connectivity index is 1.49. The highest BCUT2D eigenvalue weighted by atomic mass is 32.1. The lowest BCUT2D eigenvalue weighted by molar-refractivity contribution is -0.144. The zero-order chi connectivity index (χ0) is 24.6. The van der Waals surface area contributed by atoms with Gasteiger partial charge in [0.25, 0.3) is 0 Å². The van der Waals surface area contributed by atoms with Crippen LogP contribution in [0.15, 0.2) is 35.7 Å². The molecule has 0 N–H and O–H groups in total. The van der Waals surface area contributed by atoms with Crippen molar-refractivity contribution in [2.75, 3.05) is 47.1 Å². The van der Waals surface area contributed by atoms with Crippen molar-refractivity contribution in [1.29, 1.82) is 0 Å². The van der Waals surface area contributed by atoms with Crippen molar-refractivity contribution in [3.8, 4) is 11.5 Å². The molecule has 2 aromatic rings. The van der Waals surface area contributed by atoms with E-state index in [0.29, 0.717) is 37.8 Å². The van der Waals surface area contributed by atoms with Crippen LogP contribution in [0.1, 0.15) is 48.6 Å². The van der Waals surface area contributed by atoms with Gasteiger partial charge in [-0.1, -0.05) is 25.0 Å². The summed E-state index contributed by atoms with van der Waals surface area (Å²) < 4.78 is 16.8. The van der Waals surface area contributed by atoms with E-state index in [1.165, 1.54) is 4.88 Å². The normalized spacial score (nSPS) is 17.8. The number of rotatable bonds is 11. The first-order valence-corrected chi connectivity index (χ1v) is 13.4. The van der Waals surface area contributed by atoms with Crippen molar-refractivity contribution in [3.63, 3.8) is 0 Å². The Morgan fingerprint density at radius 2 is 1.89 bits per heavy atom. The van der Waals surface area contributed by atoms with Gasteiger partial charge in [-0.3, -0.25) is 9.59 Å². The van der Waals surface area contributed by atoms with Crippen LogP contribution in [0.3, 0.4) is 0 Å². The number of carbonyl (C=O) groups is 2. The fourth-order valence-corrected chi connectivity index (χ4v) is 6.06. The second kappa shape index (κ2) is 12.4. The Hall–Kier alpha value is -2.58. The highest BCUT2D eigenvalue weighted by Crippen LogP contribution is 2.35. The Labute approximate surface area is 212 Å². The number of hydrogen-bond acceptors (Lipinski definition) is 6. The van der Waals surface area contributed by atoms with Crippen LogP contribution in [-0.2, 0) is 20.7 Å². The summed E-state index contributed by atoms with van der Waals surface area (Å²) in [6.45, 7) is 2.16. The topological polar surface area (TPSA) is 68.3 Å². The van der Waals surface area contributed by atoms with Gasteiger partial charge in [0.1, 0.15) is 6.61 Å². The van der Waals surface area contributed by atoms with Crippen molar-refractivity contribution < 1.29 is 23.8 Å². The minimum Gasteiger partial charge on any atom is -0.493 e. The molecule has 1 aliphatic heterocycles. The highest BCUT2D eigenvalue weighted by molar-refractivity contribution is 7.10. The van der Waals surface area contributed by atoms with E-state index in [9.17, 15) is 9.59 Å². The van der Waals surface area contributed by atoms with E-state index in [1.807, 2.05) is 29.2 Å². The van der Waals surface area contributed by atoms with Gasteiger partial charge in [-0.2, -0.15) is 0 Å². The molecule has 0 unspecified atom stereocenters. The van der Waals surface area contributed by atoms with Crippen LogP contribution < -0.4 is 9.47 Å². The molecule has 2 aliphatic rings. The third kappa shape index (κ3) is 6.16. The van der Waals surface area contributed by atoms with E-state index in [0.717, 1.165) is 44.1 Å². The smallest absolute Gasteiger partial charge is 0.242 e. The molecule has 4 rings (SSSR count). The van der Waals surface area contributed by atoms with Gasteiger partial charge in [0.05, 0.1) is 19.7 Å². The van der Waals surface area contributed by atoms with Gasteiger partial charge in [0.2, 0.25) is 11.8 Å². The molecule has 1 saturated carbocycles. The lowest BCUT2D eigenvalue weighted by Gasteiger charge is -2.37. The molecule has 2 amide bonds. The zero-order valence-corrected chi connectivity index (χ0v) is 21.6. The summed E-state index contributed by atoms with van der Waals surface area (Å²) in [4.78, 5) is 31.9. The van der Waals surface area contributed by atoms with Crippen LogP contribution in [0.4, 0.5) is 0 Å². The van der Waals surface area contributed by atoms with Crippen LogP contribution >= 0.6 is 11.3 Å². The van der Waals surface area contributed by atoms with E-state index in [4.69, 9.17) is 14.2 Å². The summed E-state index contributed by atoms with van der Waals surface area (Å²) in [5.74, 6) is 1.45. The van der Waals surface area contributed by atoms with E-state index < -0.39 is 0 Å². The third-order valence-electron chi connectivity index (χ3n) is 7.00. The fraction of sp³-hybridized carbons (Fsp3) is 0.556. The summed E-state index contributed by atoms with van der Waals surface area (Å²) in [5, 5.41) is 2.08. The summed E-state index contributed by atoms with van der Waals surface area (Å²) in [6.07, 6.45) is 5.56. The molecule has 1 aromatic carbocycles. The van der Waals surface area contributed by atoms with Gasteiger partial charge in [0.15, 0.2) is 11.5 Å². The zero-order valence-electron chi connectivity index (χ0n) is 20.7. The Morgan fingerprint density at radius 3 is 2.63 bits per heavy atom. The Morgan fingerprint density at radius 1 is 1.11 bits per heavy atom. The van der Waals surface area contributed by atoms with Crippen molar-refractivity contribution in [3.05, 3.63) is 46.2 Å². The SMILES string of the molecule is COCCCN(CC(=O)N1CCc2sccc2[C@@H]1COc1ccccc1OC)C(=O)C1CCCC1. The summed E-state index contributed by atoms with van der Waals surface area (Å²) >= 11 is 1.72. The molecule has 1 fully saturated rings. The number of thiophene rings is 1. The number of amides is 2. The predicted molar refractivity (Wildman–Crippen MR) is 136 cm³/mol. The third-order valence-corrected chi connectivity index (χ3v) is 8.00. The van der Waals surface area contributed by atoms with Gasteiger partial charge in [0, 0.05) is 37.6 Å². The highest BCUT2D eigenvalue weighted by Gasteiger charge is 2.35. The molecule has 0 spiro atoms. The summed E-state index contributed by atoms with van der Waals surface area (Å²) in [5.41, 5.74) is 1.14. The van der Waals surface area contributed by atoms with E-state index in [2.05, 4.69) is 11.4 Å². The average Bonchev–Trinajstić information content (AvgIpc) is 3.59. The van der Waals surface area contributed by atoms with E-state index in [-0.39, 0.29) is 30.3 Å².